The Morgan fingerprint density at radius 1 is 1.26 bits per heavy atom. The minimum Gasteiger partial charge on any atom is -0.341 e. The summed E-state index contributed by atoms with van der Waals surface area (Å²) in [5, 5.41) is 2.08. The van der Waals surface area contributed by atoms with Crippen LogP contribution in [0.15, 0.2) is 41.6 Å². The summed E-state index contributed by atoms with van der Waals surface area (Å²) in [5.74, 6) is 1.64. The number of imidazole rings is 1. The van der Waals surface area contributed by atoms with Crippen LogP contribution in [-0.2, 0) is 6.54 Å². The highest BCUT2D eigenvalue weighted by atomic mass is 32.1. The zero-order valence-corrected chi connectivity index (χ0v) is 16.6. The molecule has 0 atom stereocenters. The first-order valence-electron chi connectivity index (χ1n) is 9.47. The molecule has 1 aliphatic rings. The second kappa shape index (κ2) is 7.68. The molecule has 4 rings (SSSR count). The van der Waals surface area contributed by atoms with Crippen molar-refractivity contribution in [3.63, 3.8) is 0 Å². The summed E-state index contributed by atoms with van der Waals surface area (Å²) in [6.45, 7) is 6.52. The number of thiazole rings is 1. The van der Waals surface area contributed by atoms with Crippen molar-refractivity contribution >= 4 is 17.2 Å². The van der Waals surface area contributed by atoms with Gasteiger partial charge in [-0.1, -0.05) is 0 Å². The van der Waals surface area contributed by atoms with Crippen LogP contribution in [0.2, 0.25) is 0 Å². The van der Waals surface area contributed by atoms with Crippen LogP contribution in [0.5, 0.6) is 0 Å². The van der Waals surface area contributed by atoms with Crippen LogP contribution in [0, 0.1) is 0 Å². The summed E-state index contributed by atoms with van der Waals surface area (Å²) in [6, 6.07) is 4.17. The van der Waals surface area contributed by atoms with E-state index in [0.717, 1.165) is 49.7 Å². The van der Waals surface area contributed by atoms with Crippen LogP contribution in [0.4, 0.5) is 0 Å². The van der Waals surface area contributed by atoms with Crippen molar-refractivity contribution in [1.82, 2.24) is 24.0 Å². The van der Waals surface area contributed by atoms with E-state index in [4.69, 9.17) is 0 Å². The van der Waals surface area contributed by atoms with E-state index in [0.29, 0.717) is 5.92 Å². The first kappa shape index (κ1) is 18.0. The molecule has 3 aromatic rings. The van der Waals surface area contributed by atoms with Gasteiger partial charge < -0.3 is 14.0 Å². The van der Waals surface area contributed by atoms with E-state index in [2.05, 4.69) is 38.3 Å². The Labute approximate surface area is 163 Å². The maximum absolute atomic E-state index is 12.9. The van der Waals surface area contributed by atoms with Gasteiger partial charge in [-0.3, -0.25) is 4.79 Å². The lowest BCUT2D eigenvalue weighted by atomic mass is 9.95. The number of hydrogen-bond donors (Lipinski definition) is 0. The molecule has 4 heterocycles. The Morgan fingerprint density at radius 3 is 2.78 bits per heavy atom. The number of likely N-dealkylation sites (tertiary alicyclic amines) is 1. The molecule has 1 saturated heterocycles. The Morgan fingerprint density at radius 2 is 2.07 bits per heavy atom. The van der Waals surface area contributed by atoms with Gasteiger partial charge in [0, 0.05) is 49.0 Å². The van der Waals surface area contributed by atoms with Crippen molar-refractivity contribution in [3.8, 4) is 0 Å². The van der Waals surface area contributed by atoms with E-state index in [1.54, 1.807) is 11.3 Å². The first-order chi connectivity index (χ1) is 13.1. The second-order valence-corrected chi connectivity index (χ2v) is 8.07. The SMILES string of the molecule is CC(C)n1cccc1C(=O)N1CCC(c2nccn2Cc2cscn2)CC1. The molecule has 1 fully saturated rings. The van der Waals surface area contributed by atoms with E-state index in [-0.39, 0.29) is 11.9 Å². The third kappa shape index (κ3) is 3.69. The van der Waals surface area contributed by atoms with Gasteiger partial charge in [0.25, 0.3) is 5.91 Å². The number of carbonyl (C=O) groups excluding carboxylic acids is 1. The molecular weight excluding hydrogens is 358 g/mol. The van der Waals surface area contributed by atoms with E-state index >= 15 is 0 Å². The zero-order chi connectivity index (χ0) is 18.8. The van der Waals surface area contributed by atoms with Crippen LogP contribution >= 0.6 is 11.3 Å². The fourth-order valence-corrected chi connectivity index (χ4v) is 4.38. The monoisotopic (exact) mass is 383 g/mol. The number of amides is 1. The smallest absolute Gasteiger partial charge is 0.270 e. The average Bonchev–Trinajstić information content (AvgIpc) is 3.43. The highest BCUT2D eigenvalue weighted by molar-refractivity contribution is 7.07. The number of rotatable bonds is 5. The lowest BCUT2D eigenvalue weighted by Gasteiger charge is -2.32. The van der Waals surface area contributed by atoms with Gasteiger partial charge in [-0.15, -0.1) is 11.3 Å². The molecule has 1 aliphatic heterocycles. The van der Waals surface area contributed by atoms with Gasteiger partial charge in [0.15, 0.2) is 0 Å². The van der Waals surface area contributed by atoms with Crippen LogP contribution in [0.25, 0.3) is 0 Å². The highest BCUT2D eigenvalue weighted by Gasteiger charge is 2.28. The average molecular weight is 384 g/mol. The number of aromatic nitrogens is 4. The summed E-state index contributed by atoms with van der Waals surface area (Å²) in [7, 11) is 0. The lowest BCUT2D eigenvalue weighted by Crippen LogP contribution is -2.39. The van der Waals surface area contributed by atoms with Gasteiger partial charge in [-0.2, -0.15) is 0 Å². The van der Waals surface area contributed by atoms with E-state index in [1.165, 1.54) is 0 Å². The van der Waals surface area contributed by atoms with E-state index < -0.39 is 0 Å². The largest absolute Gasteiger partial charge is 0.341 e. The molecule has 0 unspecified atom stereocenters. The van der Waals surface area contributed by atoms with Gasteiger partial charge in [-0.25, -0.2) is 9.97 Å². The normalized spacial score (nSPS) is 15.6. The maximum atomic E-state index is 12.9. The quantitative estimate of drug-likeness (QED) is 0.673. The van der Waals surface area contributed by atoms with Gasteiger partial charge in [0.1, 0.15) is 11.5 Å². The molecule has 1 amide bonds. The van der Waals surface area contributed by atoms with E-state index in [1.807, 2.05) is 41.1 Å². The van der Waals surface area contributed by atoms with Crippen LogP contribution in [-0.4, -0.2) is 43.0 Å². The zero-order valence-electron chi connectivity index (χ0n) is 15.8. The number of piperidine rings is 1. The third-order valence-corrected chi connectivity index (χ3v) is 5.90. The lowest BCUT2D eigenvalue weighted by molar-refractivity contribution is 0.0698. The summed E-state index contributed by atoms with van der Waals surface area (Å²) >= 11 is 1.62. The Bertz CT molecular complexity index is 887. The molecule has 3 aromatic heterocycles. The Kier molecular flexibility index (Phi) is 5.11. The maximum Gasteiger partial charge on any atom is 0.270 e. The van der Waals surface area contributed by atoms with Gasteiger partial charge in [-0.05, 0) is 38.8 Å². The van der Waals surface area contributed by atoms with E-state index in [9.17, 15) is 4.79 Å². The fourth-order valence-electron chi connectivity index (χ4n) is 3.83. The summed E-state index contributed by atoms with van der Waals surface area (Å²) < 4.78 is 4.25. The summed E-state index contributed by atoms with van der Waals surface area (Å²) in [6.07, 6.45) is 7.78. The molecule has 0 aromatic carbocycles. The van der Waals surface area contributed by atoms with Gasteiger partial charge in [0.2, 0.25) is 0 Å². The number of nitrogens with zero attached hydrogens (tertiary/aromatic N) is 5. The van der Waals surface area contributed by atoms with Crippen molar-refractivity contribution in [2.45, 2.75) is 45.2 Å². The first-order valence-corrected chi connectivity index (χ1v) is 10.4. The summed E-state index contributed by atoms with van der Waals surface area (Å²) in [4.78, 5) is 23.9. The Hall–Kier alpha value is -2.41. The van der Waals surface area contributed by atoms with Crippen LogP contribution in [0.3, 0.4) is 0 Å². The fraction of sp³-hybridized carbons (Fsp3) is 0.450. The van der Waals surface area contributed by atoms with Crippen molar-refractivity contribution in [2.24, 2.45) is 0 Å². The molecule has 0 saturated carbocycles. The van der Waals surface area contributed by atoms with Crippen LogP contribution < -0.4 is 0 Å². The molecule has 6 nitrogen and oxygen atoms in total. The standard InChI is InChI=1S/C20H25N5OS/c1-15(2)25-8-3-4-18(25)20(26)23-9-5-16(6-10-23)19-21-7-11-24(19)12-17-13-27-14-22-17/h3-4,7-8,11,13-16H,5-6,9-10,12H2,1-2H3. The van der Waals surface area contributed by atoms with Crippen LogP contribution in [0.1, 0.15) is 60.7 Å². The molecule has 142 valence electrons. The Balaban J connectivity index is 1.42. The minimum atomic E-state index is 0.137. The molecule has 0 spiro atoms. The third-order valence-electron chi connectivity index (χ3n) is 5.27. The minimum absolute atomic E-state index is 0.137. The van der Waals surface area contributed by atoms with Crippen molar-refractivity contribution in [3.05, 3.63) is 58.8 Å². The predicted molar refractivity (Wildman–Crippen MR) is 106 cm³/mol. The number of carbonyl (C=O) groups is 1. The predicted octanol–water partition coefficient (Wildman–Crippen LogP) is 3.79. The number of hydrogen-bond acceptors (Lipinski definition) is 4. The molecule has 0 radical (unpaired) electrons. The van der Waals surface area contributed by atoms with Crippen molar-refractivity contribution in [2.75, 3.05) is 13.1 Å². The van der Waals surface area contributed by atoms with Crippen molar-refractivity contribution in [1.29, 1.82) is 0 Å². The molecule has 7 heteroatoms. The highest BCUT2D eigenvalue weighted by Crippen LogP contribution is 2.28. The van der Waals surface area contributed by atoms with Gasteiger partial charge >= 0.3 is 0 Å². The van der Waals surface area contributed by atoms with Gasteiger partial charge in [0.05, 0.1) is 17.7 Å². The topological polar surface area (TPSA) is 56.0 Å². The molecule has 0 N–H and O–H groups in total. The second-order valence-electron chi connectivity index (χ2n) is 7.35. The van der Waals surface area contributed by atoms with Crippen molar-refractivity contribution < 1.29 is 4.79 Å². The molecular formula is C20H25N5OS. The molecule has 0 bridgehead atoms. The molecule has 0 aliphatic carbocycles. The summed E-state index contributed by atoms with van der Waals surface area (Å²) in [5.41, 5.74) is 3.72. The molecule has 27 heavy (non-hydrogen) atoms.